The predicted molar refractivity (Wildman–Crippen MR) is 74.8 cm³/mol. The van der Waals surface area contributed by atoms with Gasteiger partial charge in [-0.3, -0.25) is 9.59 Å². The van der Waals surface area contributed by atoms with Crippen LogP contribution in [0.5, 0.6) is 0 Å². The average Bonchev–Trinajstić information content (AvgIpc) is 2.34. The molecule has 0 spiro atoms. The second-order valence-corrected chi connectivity index (χ2v) is 5.01. The van der Waals surface area contributed by atoms with Crippen LogP contribution in [0.1, 0.15) is 17.3 Å². The van der Waals surface area contributed by atoms with Gasteiger partial charge in [0.15, 0.2) is 0 Å². The van der Waals surface area contributed by atoms with Gasteiger partial charge in [0.05, 0.1) is 12.1 Å². The van der Waals surface area contributed by atoms with Crippen LogP contribution < -0.4 is 5.32 Å². The molecule has 0 heterocycles. The lowest BCUT2D eigenvalue weighted by Gasteiger charge is -2.14. The van der Waals surface area contributed by atoms with Crippen LogP contribution in [0.4, 0.5) is 0 Å². The smallest absolute Gasteiger partial charge is 0.252 e. The van der Waals surface area contributed by atoms with E-state index in [1.54, 1.807) is 25.2 Å². The lowest BCUT2D eigenvalue weighted by Crippen LogP contribution is -2.38. The van der Waals surface area contributed by atoms with Crippen LogP contribution >= 0.6 is 27.5 Å². The van der Waals surface area contributed by atoms with Gasteiger partial charge in [0.25, 0.3) is 5.91 Å². The zero-order chi connectivity index (χ0) is 13.7. The zero-order valence-electron chi connectivity index (χ0n) is 10.2. The molecule has 1 aromatic carbocycles. The highest BCUT2D eigenvalue weighted by molar-refractivity contribution is 9.10. The minimum atomic E-state index is -0.309. The molecule has 18 heavy (non-hydrogen) atoms. The molecule has 0 atom stereocenters. The standard InChI is InChI=1S/C12H14BrClN2O2/c1-3-16(2)11(17)7-15-12(18)9-5-4-8(14)6-10(9)13/h4-6H,3,7H2,1-2H3,(H,15,18). The van der Waals surface area contributed by atoms with Crippen molar-refractivity contribution in [1.82, 2.24) is 10.2 Å². The first-order valence-electron chi connectivity index (χ1n) is 5.43. The van der Waals surface area contributed by atoms with Crippen molar-refractivity contribution in [1.29, 1.82) is 0 Å². The summed E-state index contributed by atoms with van der Waals surface area (Å²) in [6, 6.07) is 4.87. The minimum absolute atomic E-state index is 0.0156. The van der Waals surface area contributed by atoms with Crippen LogP contribution in [0.15, 0.2) is 22.7 Å². The lowest BCUT2D eigenvalue weighted by atomic mass is 10.2. The Kier molecular flexibility index (Phi) is 5.62. The summed E-state index contributed by atoms with van der Waals surface area (Å²) in [6.45, 7) is 2.47. The summed E-state index contributed by atoms with van der Waals surface area (Å²) in [5.41, 5.74) is 0.450. The number of hydrogen-bond donors (Lipinski definition) is 1. The molecule has 0 fully saturated rings. The molecule has 0 saturated heterocycles. The van der Waals surface area contributed by atoms with Crippen LogP contribution in [0.3, 0.4) is 0 Å². The highest BCUT2D eigenvalue weighted by Gasteiger charge is 2.13. The van der Waals surface area contributed by atoms with Crippen molar-refractivity contribution in [2.45, 2.75) is 6.92 Å². The van der Waals surface area contributed by atoms with Crippen molar-refractivity contribution in [2.24, 2.45) is 0 Å². The summed E-state index contributed by atoms with van der Waals surface area (Å²) in [7, 11) is 1.69. The molecule has 4 nitrogen and oxygen atoms in total. The Morgan fingerprint density at radius 2 is 2.11 bits per heavy atom. The Labute approximate surface area is 119 Å². The Morgan fingerprint density at radius 3 is 2.67 bits per heavy atom. The van der Waals surface area contributed by atoms with Gasteiger partial charge in [0.2, 0.25) is 5.91 Å². The quantitative estimate of drug-likeness (QED) is 0.919. The van der Waals surface area contributed by atoms with Gasteiger partial charge < -0.3 is 10.2 Å². The Morgan fingerprint density at radius 1 is 1.44 bits per heavy atom. The fourth-order valence-corrected chi connectivity index (χ4v) is 2.10. The summed E-state index contributed by atoms with van der Waals surface area (Å²) in [5.74, 6) is -0.438. The topological polar surface area (TPSA) is 49.4 Å². The zero-order valence-corrected chi connectivity index (χ0v) is 12.5. The van der Waals surface area contributed by atoms with Crippen molar-refractivity contribution >= 4 is 39.3 Å². The second-order valence-electron chi connectivity index (χ2n) is 3.71. The van der Waals surface area contributed by atoms with Crippen molar-refractivity contribution in [3.63, 3.8) is 0 Å². The lowest BCUT2D eigenvalue weighted by molar-refractivity contribution is -0.128. The number of amides is 2. The molecule has 0 aliphatic carbocycles. The molecule has 0 aliphatic rings. The molecule has 0 radical (unpaired) electrons. The highest BCUT2D eigenvalue weighted by atomic mass is 79.9. The van der Waals surface area contributed by atoms with E-state index in [-0.39, 0.29) is 18.4 Å². The highest BCUT2D eigenvalue weighted by Crippen LogP contribution is 2.21. The van der Waals surface area contributed by atoms with E-state index < -0.39 is 0 Å². The number of rotatable bonds is 4. The van der Waals surface area contributed by atoms with Gasteiger partial charge in [-0.25, -0.2) is 0 Å². The molecule has 0 aromatic heterocycles. The molecular weight excluding hydrogens is 320 g/mol. The van der Waals surface area contributed by atoms with Gasteiger partial charge in [0.1, 0.15) is 0 Å². The number of nitrogens with zero attached hydrogens (tertiary/aromatic N) is 1. The van der Waals surface area contributed by atoms with Crippen molar-refractivity contribution in [3.8, 4) is 0 Å². The minimum Gasteiger partial charge on any atom is -0.345 e. The first kappa shape index (κ1) is 15.0. The Balaban J connectivity index is 2.63. The van der Waals surface area contributed by atoms with Gasteiger partial charge >= 0.3 is 0 Å². The predicted octanol–water partition coefficient (Wildman–Crippen LogP) is 2.31. The van der Waals surface area contributed by atoms with E-state index in [4.69, 9.17) is 11.6 Å². The maximum Gasteiger partial charge on any atom is 0.252 e. The molecule has 0 bridgehead atoms. The number of halogens is 2. The maximum atomic E-state index is 11.8. The van der Waals surface area contributed by atoms with Crippen LogP contribution in [0, 0.1) is 0 Å². The molecule has 6 heteroatoms. The number of likely N-dealkylation sites (N-methyl/N-ethyl adjacent to an activating group) is 1. The monoisotopic (exact) mass is 332 g/mol. The number of carbonyl (C=O) groups excluding carboxylic acids is 2. The van der Waals surface area contributed by atoms with Crippen LogP contribution in [0.25, 0.3) is 0 Å². The average molecular weight is 334 g/mol. The summed E-state index contributed by atoms with van der Waals surface area (Å²) in [6.07, 6.45) is 0. The number of nitrogens with one attached hydrogen (secondary N) is 1. The van der Waals surface area contributed by atoms with Gasteiger partial charge in [0, 0.05) is 23.1 Å². The second kappa shape index (κ2) is 6.75. The third-order valence-electron chi connectivity index (χ3n) is 2.48. The van der Waals surface area contributed by atoms with Crippen molar-refractivity contribution in [2.75, 3.05) is 20.1 Å². The van der Waals surface area contributed by atoms with Gasteiger partial charge in [-0.1, -0.05) is 11.6 Å². The summed E-state index contributed by atoms with van der Waals surface area (Å²) in [4.78, 5) is 24.9. The van der Waals surface area contributed by atoms with Crippen molar-refractivity contribution < 1.29 is 9.59 Å². The van der Waals surface area contributed by atoms with E-state index in [2.05, 4.69) is 21.2 Å². The molecule has 1 rings (SSSR count). The fraction of sp³-hybridized carbons (Fsp3) is 0.333. The Hall–Kier alpha value is -1.07. The van der Waals surface area contributed by atoms with E-state index in [0.29, 0.717) is 21.6 Å². The molecule has 1 N–H and O–H groups in total. The van der Waals surface area contributed by atoms with E-state index in [1.165, 1.54) is 4.90 Å². The van der Waals surface area contributed by atoms with Gasteiger partial charge in [-0.05, 0) is 41.1 Å². The van der Waals surface area contributed by atoms with E-state index in [9.17, 15) is 9.59 Å². The van der Waals surface area contributed by atoms with Crippen molar-refractivity contribution in [3.05, 3.63) is 33.3 Å². The first-order valence-corrected chi connectivity index (χ1v) is 6.60. The number of carbonyl (C=O) groups is 2. The van der Waals surface area contributed by atoms with Gasteiger partial charge in [-0.15, -0.1) is 0 Å². The SMILES string of the molecule is CCN(C)C(=O)CNC(=O)c1ccc(Cl)cc1Br. The third kappa shape index (κ3) is 3.99. The molecule has 0 aliphatic heterocycles. The van der Waals surface area contributed by atoms with E-state index in [0.717, 1.165) is 0 Å². The maximum absolute atomic E-state index is 11.8. The molecule has 0 saturated carbocycles. The third-order valence-corrected chi connectivity index (χ3v) is 3.37. The number of hydrogen-bond acceptors (Lipinski definition) is 2. The summed E-state index contributed by atoms with van der Waals surface area (Å²) in [5, 5.41) is 3.11. The molecule has 1 aromatic rings. The van der Waals surface area contributed by atoms with Crippen LogP contribution in [-0.4, -0.2) is 36.9 Å². The van der Waals surface area contributed by atoms with Crippen LogP contribution in [0.2, 0.25) is 5.02 Å². The fourth-order valence-electron chi connectivity index (χ4n) is 1.24. The summed E-state index contributed by atoms with van der Waals surface area (Å²) < 4.78 is 0.601. The van der Waals surface area contributed by atoms with Crippen LogP contribution in [-0.2, 0) is 4.79 Å². The molecule has 98 valence electrons. The molecular formula is C12H14BrClN2O2. The number of benzene rings is 1. The molecule has 0 unspecified atom stereocenters. The Bertz CT molecular complexity index is 465. The van der Waals surface area contributed by atoms with Gasteiger partial charge in [-0.2, -0.15) is 0 Å². The summed E-state index contributed by atoms with van der Waals surface area (Å²) >= 11 is 9.04. The molecule has 2 amide bonds. The van der Waals surface area contributed by atoms with E-state index >= 15 is 0 Å². The first-order chi connectivity index (χ1) is 8.45. The largest absolute Gasteiger partial charge is 0.345 e. The normalized spacial score (nSPS) is 10.0. The van der Waals surface area contributed by atoms with E-state index in [1.807, 2.05) is 6.92 Å².